The van der Waals surface area contributed by atoms with Crippen LogP contribution in [0.25, 0.3) is 0 Å². The van der Waals surface area contributed by atoms with Crippen LogP contribution in [0.4, 0.5) is 33.3 Å². The Hall–Kier alpha value is -5.39. The van der Waals surface area contributed by atoms with Crippen LogP contribution < -0.4 is 20.1 Å². The fraction of sp³-hybridized carbons (Fsp3) is 0.312. The number of rotatable bonds is 18. The number of anilines is 2. The van der Waals surface area contributed by atoms with E-state index < -0.39 is 62.0 Å². The molecule has 2 amide bonds. The minimum atomic E-state index is -2.81. The van der Waals surface area contributed by atoms with E-state index in [1.54, 1.807) is 0 Å². The van der Waals surface area contributed by atoms with Crippen LogP contribution in [0.2, 0.25) is 0 Å². The minimum Gasteiger partial charge on any atom is -0.487 e. The number of carbonyl (C=O) groups excluding carboxylic acids is 2. The molecule has 0 radical (unpaired) electrons. The third kappa shape index (κ3) is 10.6. The first-order valence-corrected chi connectivity index (χ1v) is 14.1. The lowest BCUT2D eigenvalue weighted by molar-refractivity contribution is -0.138. The highest BCUT2D eigenvalue weighted by Gasteiger charge is 2.23. The Kier molecular flexibility index (Phi) is 13.3. The number of ether oxygens (including phenoxy) is 2. The number of alkyl halides is 4. The molecule has 3 N–H and O–H groups in total. The van der Waals surface area contributed by atoms with Crippen molar-refractivity contribution in [2.24, 2.45) is 0 Å². The predicted octanol–water partition coefficient (Wildman–Crippen LogP) is 5.42. The minimum absolute atomic E-state index is 0.00799. The summed E-state index contributed by atoms with van der Waals surface area (Å²) < 4.78 is 77.3. The Morgan fingerprint density at radius 1 is 1.04 bits per heavy atom. The van der Waals surface area contributed by atoms with Crippen molar-refractivity contribution in [2.75, 3.05) is 37.6 Å². The lowest BCUT2D eigenvalue weighted by atomic mass is 9.99. The van der Waals surface area contributed by atoms with Gasteiger partial charge in [-0.2, -0.15) is 5.26 Å². The Bertz CT molecular complexity index is 1580. The van der Waals surface area contributed by atoms with E-state index >= 15 is 4.39 Å². The van der Waals surface area contributed by atoms with Crippen LogP contribution in [0, 0.1) is 17.1 Å². The van der Waals surface area contributed by atoms with Gasteiger partial charge >= 0.3 is 5.97 Å². The van der Waals surface area contributed by atoms with Crippen LogP contribution in [0.3, 0.4) is 0 Å². The lowest BCUT2D eigenvalue weighted by Crippen LogP contribution is -2.24. The molecule has 15 heteroatoms. The van der Waals surface area contributed by atoms with E-state index in [1.165, 1.54) is 55.6 Å². The number of hydrogen-bond acceptors (Lipinski definition) is 7. The molecule has 3 aromatic carbocycles. The molecular formula is C32H31F5N4O6. The van der Waals surface area contributed by atoms with Crippen LogP contribution in [0.1, 0.15) is 34.7 Å². The monoisotopic (exact) mass is 662 g/mol. The lowest BCUT2D eigenvalue weighted by Gasteiger charge is -2.20. The van der Waals surface area contributed by atoms with Crippen LogP contribution in [0.5, 0.6) is 11.5 Å². The number of carboxylic acids is 1. The maximum atomic E-state index is 15.0. The molecule has 3 aromatic rings. The molecule has 47 heavy (non-hydrogen) atoms. The largest absolute Gasteiger partial charge is 0.487 e. The zero-order chi connectivity index (χ0) is 34.5. The van der Waals surface area contributed by atoms with Crippen molar-refractivity contribution in [3.63, 3.8) is 0 Å². The molecule has 0 saturated carbocycles. The third-order valence-electron chi connectivity index (χ3n) is 6.61. The summed E-state index contributed by atoms with van der Waals surface area (Å²) in [4.78, 5) is 37.3. The normalized spacial score (nSPS) is 11.5. The van der Waals surface area contributed by atoms with E-state index in [2.05, 4.69) is 10.6 Å². The number of carboxylic acid groups (broad SMARTS) is 1. The highest BCUT2D eigenvalue weighted by atomic mass is 19.3. The quantitative estimate of drug-likeness (QED) is 0.121. The van der Waals surface area contributed by atoms with E-state index in [1.807, 2.05) is 6.07 Å². The number of aryl methyl sites for hydroxylation is 1. The van der Waals surface area contributed by atoms with E-state index in [0.717, 1.165) is 11.0 Å². The fourth-order valence-electron chi connectivity index (χ4n) is 4.38. The molecule has 0 fully saturated rings. The molecule has 1 atom stereocenters. The number of benzene rings is 3. The Morgan fingerprint density at radius 2 is 1.74 bits per heavy atom. The van der Waals surface area contributed by atoms with Gasteiger partial charge < -0.3 is 30.1 Å². The number of nitriles is 1. The standard InChI is InChI=1S/C32H31F5N4O6/c1-41(18-42)16-22-11-24(12-26(35)31(22)47-25(13-33)14-34)39-29(43)9-5-20-10-21(4-8-27(20)46-17-28(36)37)30(32(44)45)40-23-6-2-19(15-38)3-7-23/h2-4,6-8,10-12,18,25,28,30,40H,5,9,13-14,16-17H2,1H3,(H,39,43)(H,44,45). The topological polar surface area (TPSA) is 141 Å². The maximum Gasteiger partial charge on any atom is 0.330 e. The highest BCUT2D eigenvalue weighted by molar-refractivity contribution is 5.91. The Morgan fingerprint density at radius 3 is 2.34 bits per heavy atom. The van der Waals surface area contributed by atoms with Crippen molar-refractivity contribution in [1.29, 1.82) is 5.26 Å². The first-order valence-electron chi connectivity index (χ1n) is 14.1. The summed E-state index contributed by atoms with van der Waals surface area (Å²) in [5.74, 6) is -3.47. The van der Waals surface area contributed by atoms with Gasteiger partial charge in [-0.25, -0.2) is 26.7 Å². The van der Waals surface area contributed by atoms with Gasteiger partial charge in [0.15, 0.2) is 23.7 Å². The predicted molar refractivity (Wildman–Crippen MR) is 160 cm³/mol. The van der Waals surface area contributed by atoms with Gasteiger partial charge in [-0.05, 0) is 60.0 Å². The Balaban J connectivity index is 1.84. The number of carbonyl (C=O) groups is 3. The van der Waals surface area contributed by atoms with Crippen molar-refractivity contribution in [1.82, 2.24) is 4.90 Å². The molecule has 250 valence electrons. The summed E-state index contributed by atoms with van der Waals surface area (Å²) >= 11 is 0. The average molecular weight is 663 g/mol. The number of amides is 2. The fourth-order valence-corrected chi connectivity index (χ4v) is 4.38. The molecule has 10 nitrogen and oxygen atoms in total. The number of nitrogens with one attached hydrogen (secondary N) is 2. The molecule has 0 aromatic heterocycles. The first kappa shape index (κ1) is 36.1. The van der Waals surface area contributed by atoms with Gasteiger partial charge in [-0.15, -0.1) is 0 Å². The van der Waals surface area contributed by atoms with Crippen molar-refractivity contribution in [3.05, 3.63) is 82.7 Å². The van der Waals surface area contributed by atoms with E-state index in [-0.39, 0.29) is 47.5 Å². The van der Waals surface area contributed by atoms with E-state index in [9.17, 15) is 37.1 Å². The van der Waals surface area contributed by atoms with Gasteiger partial charge in [0.1, 0.15) is 25.7 Å². The maximum absolute atomic E-state index is 15.0. The molecule has 0 bridgehead atoms. The molecule has 1 unspecified atom stereocenters. The number of aliphatic carboxylic acids is 1. The second kappa shape index (κ2) is 17.3. The summed E-state index contributed by atoms with van der Waals surface area (Å²) in [6.07, 6.45) is -4.35. The molecule has 0 spiro atoms. The van der Waals surface area contributed by atoms with Gasteiger partial charge in [0.25, 0.3) is 6.43 Å². The van der Waals surface area contributed by atoms with Gasteiger partial charge in [-0.1, -0.05) is 6.07 Å². The van der Waals surface area contributed by atoms with Crippen LogP contribution in [-0.4, -0.2) is 67.8 Å². The van der Waals surface area contributed by atoms with Gasteiger partial charge in [0.2, 0.25) is 12.3 Å². The van der Waals surface area contributed by atoms with Crippen LogP contribution in [-0.2, 0) is 27.3 Å². The molecular weight excluding hydrogens is 631 g/mol. The van der Waals surface area contributed by atoms with Crippen molar-refractivity contribution < 1.29 is 50.9 Å². The van der Waals surface area contributed by atoms with Crippen molar-refractivity contribution >= 4 is 29.7 Å². The van der Waals surface area contributed by atoms with Crippen molar-refractivity contribution in [3.8, 4) is 17.6 Å². The number of nitrogens with zero attached hydrogens (tertiary/aromatic N) is 2. The molecule has 0 aliphatic carbocycles. The van der Waals surface area contributed by atoms with Crippen LogP contribution >= 0.6 is 0 Å². The van der Waals surface area contributed by atoms with Gasteiger partial charge in [-0.3, -0.25) is 9.59 Å². The van der Waals surface area contributed by atoms with E-state index in [4.69, 9.17) is 14.7 Å². The first-order chi connectivity index (χ1) is 22.5. The molecule has 0 aliphatic rings. The smallest absolute Gasteiger partial charge is 0.330 e. The Labute approximate surface area is 266 Å². The summed E-state index contributed by atoms with van der Waals surface area (Å²) in [5, 5.41) is 24.2. The average Bonchev–Trinajstić information content (AvgIpc) is 3.05. The zero-order valence-electron chi connectivity index (χ0n) is 25.0. The van der Waals surface area contributed by atoms with E-state index in [0.29, 0.717) is 17.7 Å². The molecule has 0 saturated heterocycles. The summed E-state index contributed by atoms with van der Waals surface area (Å²) in [5.41, 5.74) is 1.16. The number of hydrogen-bond donors (Lipinski definition) is 3. The second-order valence-corrected chi connectivity index (χ2v) is 10.2. The highest BCUT2D eigenvalue weighted by Crippen LogP contribution is 2.31. The molecule has 0 heterocycles. The number of halogens is 5. The SMILES string of the molecule is CN(C=O)Cc1cc(NC(=O)CCc2cc(C(Nc3ccc(C#N)cc3)C(=O)O)ccc2OCC(F)F)cc(F)c1OC(CF)CF. The van der Waals surface area contributed by atoms with Crippen molar-refractivity contribution in [2.45, 2.75) is 38.0 Å². The summed E-state index contributed by atoms with van der Waals surface area (Å²) in [6.45, 7) is -3.65. The molecule has 3 rings (SSSR count). The second-order valence-electron chi connectivity index (χ2n) is 10.2. The summed E-state index contributed by atoms with van der Waals surface area (Å²) in [6, 6.07) is 12.9. The van der Waals surface area contributed by atoms with Gasteiger partial charge in [0.05, 0.1) is 11.6 Å². The molecule has 0 aliphatic heterocycles. The van der Waals surface area contributed by atoms with Gasteiger partial charge in [0, 0.05) is 43.0 Å². The zero-order valence-corrected chi connectivity index (χ0v) is 25.0. The van der Waals surface area contributed by atoms with Crippen LogP contribution in [0.15, 0.2) is 54.6 Å². The third-order valence-corrected chi connectivity index (χ3v) is 6.61. The summed E-state index contributed by atoms with van der Waals surface area (Å²) in [7, 11) is 1.37.